The fourth-order valence-corrected chi connectivity index (χ4v) is 7.74. The highest BCUT2D eigenvalue weighted by atomic mass is 32.2. The van der Waals surface area contributed by atoms with Crippen molar-refractivity contribution in [3.8, 4) is 0 Å². The Morgan fingerprint density at radius 2 is 1.76 bits per heavy atom. The number of piperidine rings is 1. The maximum atomic E-state index is 14.8. The van der Waals surface area contributed by atoms with Crippen molar-refractivity contribution >= 4 is 33.0 Å². The van der Waals surface area contributed by atoms with Crippen molar-refractivity contribution in [3.05, 3.63) is 52.3 Å². The Bertz CT molecular complexity index is 1620. The molecule has 45 heavy (non-hydrogen) atoms. The highest BCUT2D eigenvalue weighted by molar-refractivity contribution is 7.90. The minimum Gasteiger partial charge on any atom is -0.385 e. The number of carbonyl (C=O) groups is 2. The summed E-state index contributed by atoms with van der Waals surface area (Å²) in [5.74, 6) is -1.65. The topological polar surface area (TPSA) is 172 Å². The molecular weight excluding hydrogens is 612 g/mol. The first-order chi connectivity index (χ1) is 21.3. The normalized spacial score (nSPS) is 26.7. The SMILES string of the molecule is CS(=O)(=O)c1ccc(N2CC(CNCCCNc3cc4c(cc3F)C(=O)N(C3CCC(O)NC3O)C4=O)C2)c2c1[C@H](O)[C@@H](F)C2. The van der Waals surface area contributed by atoms with Gasteiger partial charge in [-0.05, 0) is 55.6 Å². The Morgan fingerprint density at radius 3 is 2.44 bits per heavy atom. The molecule has 5 atom stereocenters. The van der Waals surface area contributed by atoms with Gasteiger partial charge in [-0.2, -0.15) is 0 Å². The third-order valence-electron chi connectivity index (χ3n) is 9.11. The molecule has 0 bridgehead atoms. The minimum atomic E-state index is -3.61. The van der Waals surface area contributed by atoms with E-state index in [9.17, 15) is 42.1 Å². The standard InChI is InChI=1S/C30H37F2N5O7S/c1-45(43,44)24-5-3-22(18-10-20(32)27(39)26(18)24)36-13-15(14-36)12-33-7-2-8-34-21-11-17-16(9-19(21)31)29(41)37(30(17)42)23-4-6-25(38)35-28(23)40/h3,5,9,11,15,20,23,25,27-28,33-35,38-40H,2,4,6-8,10,12-14H2,1H3/t20-,23?,25?,27+,28?/m0/s1. The number of benzene rings is 2. The molecule has 6 rings (SSSR count). The Labute approximate surface area is 259 Å². The third kappa shape index (κ3) is 5.92. The van der Waals surface area contributed by atoms with E-state index in [1.54, 1.807) is 6.07 Å². The van der Waals surface area contributed by atoms with Crippen molar-refractivity contribution in [2.45, 2.75) is 61.4 Å². The molecule has 2 fully saturated rings. The van der Waals surface area contributed by atoms with Crippen LogP contribution in [-0.4, -0.2) is 104 Å². The summed E-state index contributed by atoms with van der Waals surface area (Å²) in [6.45, 7) is 3.14. The number of hydrogen-bond acceptors (Lipinski definition) is 11. The number of rotatable bonds is 10. The van der Waals surface area contributed by atoms with Gasteiger partial charge >= 0.3 is 0 Å². The van der Waals surface area contributed by atoms with Gasteiger partial charge in [0.2, 0.25) is 0 Å². The summed E-state index contributed by atoms with van der Waals surface area (Å²) in [6, 6.07) is 4.62. The number of hydrogen-bond donors (Lipinski definition) is 6. The number of anilines is 2. The number of nitrogens with one attached hydrogen (secondary N) is 3. The van der Waals surface area contributed by atoms with Crippen LogP contribution in [0.5, 0.6) is 0 Å². The average Bonchev–Trinajstić information content (AvgIpc) is 3.38. The maximum absolute atomic E-state index is 14.8. The molecule has 244 valence electrons. The molecule has 0 aromatic heterocycles. The number of aliphatic hydroxyl groups is 3. The predicted octanol–water partition coefficient (Wildman–Crippen LogP) is 0.670. The molecule has 0 radical (unpaired) electrons. The Hall–Kier alpha value is -3.21. The van der Waals surface area contributed by atoms with E-state index in [-0.39, 0.29) is 46.5 Å². The van der Waals surface area contributed by atoms with Gasteiger partial charge in [0.25, 0.3) is 11.8 Å². The number of amides is 2. The van der Waals surface area contributed by atoms with Crippen LogP contribution < -0.4 is 20.9 Å². The van der Waals surface area contributed by atoms with Gasteiger partial charge in [-0.25, -0.2) is 17.2 Å². The summed E-state index contributed by atoms with van der Waals surface area (Å²) in [7, 11) is -3.61. The molecular formula is C30H37F2N5O7S. The van der Waals surface area contributed by atoms with Crippen LogP contribution in [0.4, 0.5) is 20.2 Å². The van der Waals surface area contributed by atoms with Crippen molar-refractivity contribution in [1.82, 2.24) is 15.5 Å². The number of sulfone groups is 1. The van der Waals surface area contributed by atoms with E-state index in [1.165, 1.54) is 12.1 Å². The summed E-state index contributed by atoms with van der Waals surface area (Å²) < 4.78 is 53.6. The van der Waals surface area contributed by atoms with Crippen LogP contribution in [0, 0.1) is 11.7 Å². The molecule has 3 heterocycles. The molecule has 2 aromatic rings. The predicted molar refractivity (Wildman–Crippen MR) is 160 cm³/mol. The number of nitrogens with zero attached hydrogens (tertiary/aromatic N) is 2. The lowest BCUT2D eigenvalue weighted by atomic mass is 9.96. The van der Waals surface area contributed by atoms with E-state index in [1.807, 2.05) is 0 Å². The lowest BCUT2D eigenvalue weighted by Gasteiger charge is -2.42. The number of imide groups is 1. The highest BCUT2D eigenvalue weighted by Gasteiger charge is 2.45. The van der Waals surface area contributed by atoms with E-state index in [2.05, 4.69) is 20.9 Å². The molecule has 3 aliphatic heterocycles. The first-order valence-corrected chi connectivity index (χ1v) is 17.0. The van der Waals surface area contributed by atoms with Crippen molar-refractivity contribution in [3.63, 3.8) is 0 Å². The smallest absolute Gasteiger partial charge is 0.262 e. The molecule has 4 aliphatic rings. The molecule has 3 unspecified atom stereocenters. The molecule has 12 nitrogen and oxygen atoms in total. The van der Waals surface area contributed by atoms with Gasteiger partial charge in [-0.1, -0.05) is 0 Å². The van der Waals surface area contributed by atoms with Crippen LogP contribution in [0.2, 0.25) is 0 Å². The van der Waals surface area contributed by atoms with Crippen molar-refractivity contribution in [1.29, 1.82) is 0 Å². The first kappa shape index (κ1) is 31.8. The first-order valence-electron chi connectivity index (χ1n) is 15.1. The van der Waals surface area contributed by atoms with Gasteiger partial charge in [-0.15, -0.1) is 0 Å². The second-order valence-corrected chi connectivity index (χ2v) is 14.3. The fourth-order valence-electron chi connectivity index (χ4n) is 6.78. The zero-order chi connectivity index (χ0) is 32.2. The van der Waals surface area contributed by atoms with Crippen molar-refractivity contribution in [2.75, 3.05) is 49.2 Å². The van der Waals surface area contributed by atoms with E-state index in [0.717, 1.165) is 22.9 Å². The molecule has 1 aliphatic carbocycles. The second kappa shape index (κ2) is 12.2. The van der Waals surface area contributed by atoms with Crippen LogP contribution in [0.15, 0.2) is 29.2 Å². The summed E-state index contributed by atoms with van der Waals surface area (Å²) in [6.07, 6.45) is -3.09. The third-order valence-corrected chi connectivity index (χ3v) is 10.3. The highest BCUT2D eigenvalue weighted by Crippen LogP contribution is 2.44. The summed E-state index contributed by atoms with van der Waals surface area (Å²) in [4.78, 5) is 28.9. The number of halogens is 2. The Kier molecular flexibility index (Phi) is 8.60. The van der Waals surface area contributed by atoms with E-state index in [0.29, 0.717) is 50.6 Å². The summed E-state index contributed by atoms with van der Waals surface area (Å²) in [5.41, 5.74) is 1.57. The molecule has 0 saturated carbocycles. The monoisotopic (exact) mass is 649 g/mol. The van der Waals surface area contributed by atoms with E-state index < -0.39 is 58.2 Å². The van der Waals surface area contributed by atoms with Crippen LogP contribution >= 0.6 is 0 Å². The second-order valence-electron chi connectivity index (χ2n) is 12.3. The number of alkyl halides is 1. The largest absolute Gasteiger partial charge is 0.385 e. The molecule has 15 heteroatoms. The van der Waals surface area contributed by atoms with Gasteiger partial charge in [-0.3, -0.25) is 19.8 Å². The van der Waals surface area contributed by atoms with Crippen LogP contribution in [0.3, 0.4) is 0 Å². The zero-order valence-electron chi connectivity index (χ0n) is 24.7. The van der Waals surface area contributed by atoms with Crippen molar-refractivity contribution < 1.29 is 42.1 Å². The Morgan fingerprint density at radius 1 is 1.04 bits per heavy atom. The number of fused-ring (bicyclic) bond motifs is 2. The summed E-state index contributed by atoms with van der Waals surface area (Å²) >= 11 is 0. The van der Waals surface area contributed by atoms with Gasteiger partial charge < -0.3 is 30.9 Å². The average molecular weight is 650 g/mol. The van der Waals surface area contributed by atoms with Gasteiger partial charge in [0.05, 0.1) is 27.8 Å². The van der Waals surface area contributed by atoms with Crippen LogP contribution in [-0.2, 0) is 16.3 Å². The zero-order valence-corrected chi connectivity index (χ0v) is 25.5. The lowest BCUT2D eigenvalue weighted by Crippen LogP contribution is -2.58. The molecule has 2 aromatic carbocycles. The Balaban J connectivity index is 0.967. The quantitative estimate of drug-likeness (QED) is 0.158. The molecule has 0 spiro atoms. The molecule has 6 N–H and O–H groups in total. The van der Waals surface area contributed by atoms with Gasteiger partial charge in [0.1, 0.15) is 30.5 Å². The molecule has 2 amide bonds. The van der Waals surface area contributed by atoms with E-state index >= 15 is 0 Å². The molecule has 2 saturated heterocycles. The van der Waals surface area contributed by atoms with Crippen LogP contribution in [0.1, 0.15) is 57.2 Å². The lowest BCUT2D eigenvalue weighted by molar-refractivity contribution is -0.0413. The number of carbonyl (C=O) groups excluding carboxylic acids is 2. The van der Waals surface area contributed by atoms with Crippen LogP contribution in [0.25, 0.3) is 0 Å². The minimum absolute atomic E-state index is 0.0264. The maximum Gasteiger partial charge on any atom is 0.262 e. The van der Waals surface area contributed by atoms with E-state index in [4.69, 9.17) is 0 Å². The summed E-state index contributed by atoms with van der Waals surface area (Å²) in [5, 5.41) is 39.1. The van der Waals surface area contributed by atoms with Crippen molar-refractivity contribution in [2.24, 2.45) is 5.92 Å². The van der Waals surface area contributed by atoms with Gasteiger partial charge in [0, 0.05) is 56.0 Å². The fraction of sp³-hybridized carbons (Fsp3) is 0.533. The number of aliphatic hydroxyl groups excluding tert-OH is 3. The van der Waals surface area contributed by atoms with Gasteiger partial charge in [0.15, 0.2) is 9.84 Å².